The summed E-state index contributed by atoms with van der Waals surface area (Å²) in [5.41, 5.74) is 3.52. The summed E-state index contributed by atoms with van der Waals surface area (Å²) in [7, 11) is 2.09. The van der Waals surface area contributed by atoms with Gasteiger partial charge in [-0.1, -0.05) is 43.6 Å². The number of carbonyl (C=O) groups excluding carboxylic acids is 2. The highest BCUT2D eigenvalue weighted by Crippen LogP contribution is 2.31. The van der Waals surface area contributed by atoms with E-state index in [-0.39, 0.29) is 11.8 Å². The quantitative estimate of drug-likeness (QED) is 0.560. The number of halogens is 1. The Bertz CT molecular complexity index is 1070. The molecule has 36 heavy (non-hydrogen) atoms. The monoisotopic (exact) mass is 510 g/mol. The Hall–Kier alpha value is -2.57. The average Bonchev–Trinajstić information content (AvgIpc) is 3.38. The molecule has 2 aromatic rings. The van der Waals surface area contributed by atoms with Crippen molar-refractivity contribution in [2.75, 3.05) is 56.1 Å². The van der Waals surface area contributed by atoms with E-state index >= 15 is 0 Å². The van der Waals surface area contributed by atoms with Crippen molar-refractivity contribution in [3.63, 3.8) is 0 Å². The van der Waals surface area contributed by atoms with Gasteiger partial charge in [-0.05, 0) is 68.6 Å². The van der Waals surface area contributed by atoms with Crippen molar-refractivity contribution in [2.45, 2.75) is 46.1 Å². The zero-order valence-corrected chi connectivity index (χ0v) is 22.6. The first-order valence-electron chi connectivity index (χ1n) is 13.2. The molecule has 2 aliphatic rings. The van der Waals surface area contributed by atoms with Gasteiger partial charge in [-0.3, -0.25) is 9.59 Å². The summed E-state index contributed by atoms with van der Waals surface area (Å²) in [4.78, 5) is 35.5. The van der Waals surface area contributed by atoms with Crippen LogP contribution in [0.5, 0.6) is 0 Å². The molecule has 2 amide bonds. The molecule has 2 heterocycles. The molecule has 7 heteroatoms. The fourth-order valence-electron chi connectivity index (χ4n) is 5.14. The number of amides is 2. The van der Waals surface area contributed by atoms with E-state index in [1.807, 2.05) is 52.3 Å². The minimum atomic E-state index is -0.00498. The second-order valence-electron chi connectivity index (χ2n) is 10.5. The number of fused-ring (bicyclic) bond motifs is 1. The first-order chi connectivity index (χ1) is 17.3. The Kier molecular flexibility index (Phi) is 8.91. The van der Waals surface area contributed by atoms with Crippen molar-refractivity contribution in [3.05, 3.63) is 58.6 Å². The molecule has 0 aromatic heterocycles. The van der Waals surface area contributed by atoms with E-state index in [1.165, 1.54) is 0 Å². The van der Waals surface area contributed by atoms with E-state index < -0.39 is 0 Å². The summed E-state index contributed by atoms with van der Waals surface area (Å²) < 4.78 is 0. The van der Waals surface area contributed by atoms with Gasteiger partial charge in [-0.15, -0.1) is 0 Å². The van der Waals surface area contributed by atoms with E-state index in [9.17, 15) is 9.59 Å². The van der Waals surface area contributed by atoms with Crippen molar-refractivity contribution >= 4 is 34.8 Å². The molecular weight excluding hydrogens is 472 g/mol. The lowest BCUT2D eigenvalue weighted by molar-refractivity contribution is -0.119. The number of hydrogen-bond donors (Lipinski definition) is 0. The van der Waals surface area contributed by atoms with Gasteiger partial charge < -0.3 is 19.6 Å². The predicted molar refractivity (Wildman–Crippen MR) is 148 cm³/mol. The van der Waals surface area contributed by atoms with Gasteiger partial charge in [-0.2, -0.15) is 0 Å². The Morgan fingerprint density at radius 1 is 0.889 bits per heavy atom. The van der Waals surface area contributed by atoms with Crippen LogP contribution in [0.1, 0.15) is 55.5 Å². The maximum atomic E-state index is 13.9. The van der Waals surface area contributed by atoms with Gasteiger partial charge >= 0.3 is 0 Å². The van der Waals surface area contributed by atoms with Crippen LogP contribution in [0.2, 0.25) is 5.02 Å². The standard InChI is InChI=1S/C29H39ClN4O2/c1-22(2)19-28(35)34-16-8-13-31(3)17-18-33(21-24-9-4-5-10-26(24)34)29(36)23-11-12-25(30)27(20-23)32-14-6-7-15-32/h4-5,9-12,20,22H,6-8,13-19,21H2,1-3H3. The van der Waals surface area contributed by atoms with Gasteiger partial charge in [0.25, 0.3) is 5.91 Å². The van der Waals surface area contributed by atoms with Crippen LogP contribution in [0.4, 0.5) is 11.4 Å². The van der Waals surface area contributed by atoms with Crippen LogP contribution >= 0.6 is 11.6 Å². The first kappa shape index (κ1) is 26.5. The lowest BCUT2D eigenvalue weighted by atomic mass is 10.1. The lowest BCUT2D eigenvalue weighted by Crippen LogP contribution is -2.37. The molecule has 0 bridgehead atoms. The van der Waals surface area contributed by atoms with Crippen LogP contribution in [0.3, 0.4) is 0 Å². The highest BCUT2D eigenvalue weighted by Gasteiger charge is 2.25. The van der Waals surface area contributed by atoms with E-state index in [0.29, 0.717) is 42.6 Å². The van der Waals surface area contributed by atoms with Gasteiger partial charge in [-0.25, -0.2) is 0 Å². The molecule has 1 saturated heterocycles. The van der Waals surface area contributed by atoms with Gasteiger partial charge in [0.15, 0.2) is 0 Å². The van der Waals surface area contributed by atoms with Crippen LogP contribution in [-0.4, -0.2) is 67.9 Å². The summed E-state index contributed by atoms with van der Waals surface area (Å²) in [6.45, 7) is 9.49. The average molecular weight is 511 g/mol. The maximum absolute atomic E-state index is 13.9. The molecule has 2 aliphatic heterocycles. The minimum Gasteiger partial charge on any atom is -0.370 e. The van der Waals surface area contributed by atoms with Crippen molar-refractivity contribution in [3.8, 4) is 0 Å². The number of benzene rings is 2. The third-order valence-electron chi connectivity index (χ3n) is 7.13. The summed E-state index contributed by atoms with van der Waals surface area (Å²) in [6.07, 6.45) is 3.70. The Morgan fingerprint density at radius 2 is 1.64 bits per heavy atom. The number of hydrogen-bond acceptors (Lipinski definition) is 4. The molecule has 0 unspecified atom stereocenters. The third-order valence-corrected chi connectivity index (χ3v) is 7.45. The van der Waals surface area contributed by atoms with E-state index in [4.69, 9.17) is 11.6 Å². The van der Waals surface area contributed by atoms with Gasteiger partial charge in [0.2, 0.25) is 5.91 Å². The smallest absolute Gasteiger partial charge is 0.254 e. The highest BCUT2D eigenvalue weighted by atomic mass is 35.5. The number of likely N-dealkylation sites (N-methyl/N-ethyl adjacent to an activating group) is 1. The molecule has 6 nitrogen and oxygen atoms in total. The van der Waals surface area contributed by atoms with E-state index in [2.05, 4.69) is 30.7 Å². The summed E-state index contributed by atoms with van der Waals surface area (Å²) >= 11 is 6.53. The van der Waals surface area contributed by atoms with Gasteiger partial charge in [0.1, 0.15) is 0 Å². The maximum Gasteiger partial charge on any atom is 0.254 e. The van der Waals surface area contributed by atoms with Crippen LogP contribution in [0, 0.1) is 5.92 Å². The Balaban J connectivity index is 1.66. The number of nitrogens with zero attached hydrogens (tertiary/aromatic N) is 4. The number of anilines is 2. The largest absolute Gasteiger partial charge is 0.370 e. The Morgan fingerprint density at radius 3 is 2.39 bits per heavy atom. The second-order valence-corrected chi connectivity index (χ2v) is 10.9. The molecular formula is C29H39ClN4O2. The SMILES string of the molecule is CC(C)CC(=O)N1CCCN(C)CCN(C(=O)c2ccc(Cl)c(N3CCCC3)c2)Cc2ccccc21. The molecule has 1 fully saturated rings. The number of rotatable bonds is 4. The third kappa shape index (κ3) is 6.40. The van der Waals surface area contributed by atoms with E-state index in [1.54, 1.807) is 0 Å². The minimum absolute atomic E-state index is 0.00498. The van der Waals surface area contributed by atoms with Crippen LogP contribution in [0.25, 0.3) is 0 Å². The normalized spacial score (nSPS) is 17.8. The summed E-state index contributed by atoms with van der Waals surface area (Å²) in [5.74, 6) is 0.429. The molecule has 4 rings (SSSR count). The fourth-order valence-corrected chi connectivity index (χ4v) is 5.37. The second kappa shape index (κ2) is 12.1. The Labute approximate surface area is 220 Å². The topological polar surface area (TPSA) is 47.1 Å². The van der Waals surface area contributed by atoms with Crippen LogP contribution in [0.15, 0.2) is 42.5 Å². The molecule has 194 valence electrons. The molecule has 0 aliphatic carbocycles. The summed E-state index contributed by atoms with van der Waals surface area (Å²) in [5, 5.41) is 0.690. The van der Waals surface area contributed by atoms with Crippen LogP contribution in [-0.2, 0) is 11.3 Å². The molecule has 0 N–H and O–H groups in total. The summed E-state index contributed by atoms with van der Waals surface area (Å²) in [6, 6.07) is 13.7. The van der Waals surface area contributed by atoms with Crippen molar-refractivity contribution in [1.29, 1.82) is 0 Å². The van der Waals surface area contributed by atoms with Gasteiger partial charge in [0.05, 0.1) is 10.7 Å². The molecule has 0 atom stereocenters. The lowest BCUT2D eigenvalue weighted by Gasteiger charge is -2.28. The molecule has 0 saturated carbocycles. The fraction of sp³-hybridized carbons (Fsp3) is 0.517. The number of carbonyl (C=O) groups is 2. The van der Waals surface area contributed by atoms with Crippen LogP contribution < -0.4 is 9.80 Å². The predicted octanol–water partition coefficient (Wildman–Crippen LogP) is 5.30. The van der Waals surface area contributed by atoms with Crippen molar-refractivity contribution in [2.24, 2.45) is 5.92 Å². The number of para-hydroxylation sites is 1. The zero-order chi connectivity index (χ0) is 25.7. The van der Waals surface area contributed by atoms with E-state index in [0.717, 1.165) is 62.4 Å². The molecule has 0 spiro atoms. The van der Waals surface area contributed by atoms with Gasteiger partial charge in [0, 0.05) is 56.9 Å². The van der Waals surface area contributed by atoms with Crippen molar-refractivity contribution < 1.29 is 9.59 Å². The highest BCUT2D eigenvalue weighted by molar-refractivity contribution is 6.33. The molecule has 0 radical (unpaired) electrons. The molecule has 2 aromatic carbocycles. The zero-order valence-electron chi connectivity index (χ0n) is 21.9. The van der Waals surface area contributed by atoms with Crippen molar-refractivity contribution in [1.82, 2.24) is 9.80 Å². The first-order valence-corrected chi connectivity index (χ1v) is 13.6.